The SMILES string of the molecule is CC1Oc2ccc(NC(=O)Nc3ccccc3)cc2N(Cc2ccc(F)cc2)C1=O. The molecule has 1 aliphatic rings. The third kappa shape index (κ3) is 4.25. The standard InChI is InChI=1S/C23H20FN3O3/c1-15-22(28)27(14-16-7-9-17(24)10-8-16)20-13-19(11-12-21(20)30-15)26-23(29)25-18-5-3-2-4-6-18/h2-13,15H,14H2,1H3,(H2,25,26,29). The zero-order chi connectivity index (χ0) is 21.1. The van der Waals surface area contributed by atoms with Crippen LogP contribution in [0.15, 0.2) is 72.8 Å². The zero-order valence-corrected chi connectivity index (χ0v) is 16.3. The van der Waals surface area contributed by atoms with Crippen LogP contribution in [0.5, 0.6) is 5.75 Å². The van der Waals surface area contributed by atoms with Crippen LogP contribution in [0.3, 0.4) is 0 Å². The summed E-state index contributed by atoms with van der Waals surface area (Å²) in [4.78, 5) is 26.6. The number of halogens is 1. The molecule has 0 spiro atoms. The number of hydrogen-bond donors (Lipinski definition) is 2. The van der Waals surface area contributed by atoms with Crippen molar-refractivity contribution in [1.82, 2.24) is 0 Å². The van der Waals surface area contributed by atoms with Crippen LogP contribution >= 0.6 is 0 Å². The summed E-state index contributed by atoms with van der Waals surface area (Å²) in [6.45, 7) is 1.95. The highest BCUT2D eigenvalue weighted by atomic mass is 19.1. The molecular formula is C23H20FN3O3. The summed E-state index contributed by atoms with van der Waals surface area (Å²) in [7, 11) is 0. The molecule has 0 radical (unpaired) electrons. The van der Waals surface area contributed by atoms with E-state index in [-0.39, 0.29) is 18.3 Å². The van der Waals surface area contributed by atoms with Gasteiger partial charge in [0.05, 0.1) is 12.2 Å². The summed E-state index contributed by atoms with van der Waals surface area (Å²) in [6, 6.07) is 19.8. The van der Waals surface area contributed by atoms with Crippen molar-refractivity contribution < 1.29 is 18.7 Å². The van der Waals surface area contributed by atoms with Crippen LogP contribution in [-0.2, 0) is 11.3 Å². The molecule has 6 nitrogen and oxygen atoms in total. The third-order valence-corrected chi connectivity index (χ3v) is 4.71. The van der Waals surface area contributed by atoms with E-state index in [1.54, 1.807) is 54.3 Å². The second-order valence-electron chi connectivity index (χ2n) is 6.94. The number of hydrogen-bond acceptors (Lipinski definition) is 3. The van der Waals surface area contributed by atoms with Crippen molar-refractivity contribution in [3.05, 3.63) is 84.2 Å². The maximum absolute atomic E-state index is 13.2. The van der Waals surface area contributed by atoms with E-state index in [1.165, 1.54) is 12.1 Å². The van der Waals surface area contributed by atoms with E-state index >= 15 is 0 Å². The van der Waals surface area contributed by atoms with Crippen LogP contribution in [0.25, 0.3) is 0 Å². The molecule has 0 aliphatic carbocycles. The Kier molecular flexibility index (Phi) is 5.34. The molecule has 3 aromatic rings. The van der Waals surface area contributed by atoms with Crippen molar-refractivity contribution >= 4 is 29.0 Å². The second-order valence-corrected chi connectivity index (χ2v) is 6.94. The number of rotatable bonds is 4. The number of anilines is 3. The van der Waals surface area contributed by atoms with E-state index in [9.17, 15) is 14.0 Å². The van der Waals surface area contributed by atoms with Crippen molar-refractivity contribution in [1.29, 1.82) is 0 Å². The van der Waals surface area contributed by atoms with Gasteiger partial charge in [-0.25, -0.2) is 9.18 Å². The molecule has 1 aliphatic heterocycles. The molecular weight excluding hydrogens is 385 g/mol. The molecule has 152 valence electrons. The van der Waals surface area contributed by atoms with Gasteiger partial charge in [0.15, 0.2) is 6.10 Å². The minimum Gasteiger partial charge on any atom is -0.479 e. The van der Waals surface area contributed by atoms with Crippen LogP contribution in [-0.4, -0.2) is 18.0 Å². The van der Waals surface area contributed by atoms with Crippen LogP contribution in [0.4, 0.5) is 26.2 Å². The van der Waals surface area contributed by atoms with Gasteiger partial charge >= 0.3 is 6.03 Å². The highest BCUT2D eigenvalue weighted by Gasteiger charge is 2.31. The Bertz CT molecular complexity index is 1070. The number of nitrogens with one attached hydrogen (secondary N) is 2. The molecule has 3 aromatic carbocycles. The Labute approximate surface area is 173 Å². The van der Waals surface area contributed by atoms with Gasteiger partial charge in [0.2, 0.25) is 0 Å². The van der Waals surface area contributed by atoms with Crippen LogP contribution in [0, 0.1) is 5.82 Å². The molecule has 0 saturated heterocycles. The lowest BCUT2D eigenvalue weighted by Crippen LogP contribution is -2.44. The predicted molar refractivity (Wildman–Crippen MR) is 113 cm³/mol. The number of ether oxygens (including phenoxy) is 1. The molecule has 0 bridgehead atoms. The fraction of sp³-hybridized carbons (Fsp3) is 0.130. The zero-order valence-electron chi connectivity index (χ0n) is 16.3. The average Bonchev–Trinajstić information content (AvgIpc) is 2.74. The summed E-state index contributed by atoms with van der Waals surface area (Å²) in [5.41, 5.74) is 2.50. The number of carbonyl (C=O) groups is 2. The number of carbonyl (C=O) groups excluding carboxylic acids is 2. The van der Waals surface area contributed by atoms with E-state index in [0.717, 1.165) is 5.56 Å². The molecule has 0 saturated carbocycles. The van der Waals surface area contributed by atoms with E-state index in [4.69, 9.17) is 4.74 Å². The predicted octanol–water partition coefficient (Wildman–Crippen LogP) is 4.78. The summed E-state index contributed by atoms with van der Waals surface area (Å²) in [6.07, 6.45) is -0.641. The first-order valence-corrected chi connectivity index (χ1v) is 9.49. The number of amides is 3. The summed E-state index contributed by atoms with van der Waals surface area (Å²) >= 11 is 0. The lowest BCUT2D eigenvalue weighted by atomic mass is 10.1. The molecule has 30 heavy (non-hydrogen) atoms. The monoisotopic (exact) mass is 405 g/mol. The molecule has 1 atom stereocenters. The molecule has 1 unspecified atom stereocenters. The van der Waals surface area contributed by atoms with Gasteiger partial charge in [-0.05, 0) is 55.0 Å². The molecule has 4 rings (SSSR count). The molecule has 7 heteroatoms. The molecule has 1 heterocycles. The fourth-order valence-electron chi connectivity index (χ4n) is 3.24. The van der Waals surface area contributed by atoms with Crippen molar-refractivity contribution in [2.24, 2.45) is 0 Å². The first kappa shape index (κ1) is 19.4. The molecule has 3 amide bonds. The second kappa shape index (κ2) is 8.24. The van der Waals surface area contributed by atoms with E-state index in [1.807, 2.05) is 18.2 Å². The van der Waals surface area contributed by atoms with Crippen LogP contribution < -0.4 is 20.3 Å². The number of urea groups is 1. The number of fused-ring (bicyclic) bond motifs is 1. The van der Waals surface area contributed by atoms with E-state index in [2.05, 4.69) is 10.6 Å². The Morgan fingerprint density at radius 1 is 1.00 bits per heavy atom. The van der Waals surface area contributed by atoms with Crippen molar-refractivity contribution in [2.75, 3.05) is 15.5 Å². The van der Waals surface area contributed by atoms with Gasteiger partial charge in [0, 0.05) is 11.4 Å². The summed E-state index contributed by atoms with van der Waals surface area (Å²) in [5.74, 6) is -0.00678. The molecule has 2 N–H and O–H groups in total. The number of benzene rings is 3. The van der Waals surface area contributed by atoms with Crippen LogP contribution in [0.1, 0.15) is 12.5 Å². The summed E-state index contributed by atoms with van der Waals surface area (Å²) in [5, 5.41) is 5.51. The summed E-state index contributed by atoms with van der Waals surface area (Å²) < 4.78 is 18.9. The quantitative estimate of drug-likeness (QED) is 0.656. The van der Waals surface area contributed by atoms with Gasteiger partial charge in [-0.1, -0.05) is 30.3 Å². The number of para-hydroxylation sites is 1. The Morgan fingerprint density at radius 2 is 1.70 bits per heavy atom. The van der Waals surface area contributed by atoms with Gasteiger partial charge in [-0.15, -0.1) is 0 Å². The van der Waals surface area contributed by atoms with Gasteiger partial charge < -0.3 is 20.3 Å². The van der Waals surface area contributed by atoms with E-state index in [0.29, 0.717) is 22.8 Å². The smallest absolute Gasteiger partial charge is 0.323 e. The largest absolute Gasteiger partial charge is 0.479 e. The van der Waals surface area contributed by atoms with Gasteiger partial charge in [-0.2, -0.15) is 0 Å². The first-order valence-electron chi connectivity index (χ1n) is 9.49. The van der Waals surface area contributed by atoms with Gasteiger partial charge in [-0.3, -0.25) is 4.79 Å². The Balaban J connectivity index is 1.56. The van der Waals surface area contributed by atoms with Gasteiger partial charge in [0.25, 0.3) is 5.91 Å². The Hall–Kier alpha value is -3.87. The van der Waals surface area contributed by atoms with Gasteiger partial charge in [0.1, 0.15) is 11.6 Å². The Morgan fingerprint density at radius 3 is 2.43 bits per heavy atom. The molecule has 0 fully saturated rings. The lowest BCUT2D eigenvalue weighted by Gasteiger charge is -2.33. The minimum absolute atomic E-state index is 0.210. The lowest BCUT2D eigenvalue weighted by molar-refractivity contribution is -0.125. The molecule has 0 aromatic heterocycles. The highest BCUT2D eigenvalue weighted by molar-refractivity contribution is 6.03. The van der Waals surface area contributed by atoms with Crippen molar-refractivity contribution in [3.63, 3.8) is 0 Å². The van der Waals surface area contributed by atoms with Crippen molar-refractivity contribution in [2.45, 2.75) is 19.6 Å². The average molecular weight is 405 g/mol. The van der Waals surface area contributed by atoms with Crippen molar-refractivity contribution in [3.8, 4) is 5.75 Å². The maximum Gasteiger partial charge on any atom is 0.323 e. The van der Waals surface area contributed by atoms with Crippen LogP contribution in [0.2, 0.25) is 0 Å². The normalized spacial score (nSPS) is 15.2. The fourth-order valence-corrected chi connectivity index (χ4v) is 3.24. The highest BCUT2D eigenvalue weighted by Crippen LogP contribution is 2.37. The topological polar surface area (TPSA) is 70.7 Å². The maximum atomic E-state index is 13.2. The van der Waals surface area contributed by atoms with E-state index < -0.39 is 12.1 Å². The minimum atomic E-state index is -0.641. The number of nitrogens with zero attached hydrogens (tertiary/aromatic N) is 1. The first-order chi connectivity index (χ1) is 14.5. The third-order valence-electron chi connectivity index (χ3n) is 4.71.